The Kier molecular flexibility index (Phi) is 3.03. The zero-order chi connectivity index (χ0) is 10.8. The van der Waals surface area contributed by atoms with Gasteiger partial charge in [0.2, 0.25) is 0 Å². The summed E-state index contributed by atoms with van der Waals surface area (Å²) in [5.41, 5.74) is 6.78. The van der Waals surface area contributed by atoms with E-state index in [1.165, 1.54) is 0 Å². The number of aromatic nitrogens is 1. The first-order valence-corrected chi connectivity index (χ1v) is 5.52. The van der Waals surface area contributed by atoms with Crippen molar-refractivity contribution in [3.63, 3.8) is 0 Å². The normalized spacial score (nSPS) is 28.5. The van der Waals surface area contributed by atoms with Crippen LogP contribution in [-0.2, 0) is 0 Å². The van der Waals surface area contributed by atoms with Gasteiger partial charge in [-0.15, -0.1) is 0 Å². The van der Waals surface area contributed by atoms with Crippen molar-refractivity contribution in [3.05, 3.63) is 30.1 Å². The van der Waals surface area contributed by atoms with E-state index in [-0.39, 0.29) is 12.0 Å². The van der Waals surface area contributed by atoms with Crippen LogP contribution in [0.3, 0.4) is 0 Å². The van der Waals surface area contributed by atoms with Crippen molar-refractivity contribution in [2.45, 2.75) is 25.4 Å². The minimum atomic E-state index is -0.311. The maximum absolute atomic E-state index is 10.2. The van der Waals surface area contributed by atoms with Crippen molar-refractivity contribution in [2.75, 3.05) is 6.54 Å². The van der Waals surface area contributed by atoms with Gasteiger partial charge in [0.1, 0.15) is 0 Å². The Balaban J connectivity index is 2.10. The lowest BCUT2D eigenvalue weighted by atomic mass is 9.91. The van der Waals surface area contributed by atoms with Crippen LogP contribution in [0.2, 0.25) is 0 Å². The van der Waals surface area contributed by atoms with Gasteiger partial charge in [-0.25, -0.2) is 0 Å². The summed E-state index contributed by atoms with van der Waals surface area (Å²) >= 11 is 0. The van der Waals surface area contributed by atoms with Crippen LogP contribution in [0.15, 0.2) is 24.5 Å². The fraction of sp³-hybridized carbons (Fsp3) is 0.583. The maximum atomic E-state index is 10.2. The van der Waals surface area contributed by atoms with Gasteiger partial charge in [-0.2, -0.15) is 0 Å². The number of rotatable bonds is 4. The van der Waals surface area contributed by atoms with Crippen LogP contribution in [0.1, 0.15) is 24.8 Å². The average Bonchev–Trinajstić information content (AvgIpc) is 2.98. The maximum Gasteiger partial charge on any atom is 0.0652 e. The molecule has 3 heteroatoms. The summed E-state index contributed by atoms with van der Waals surface area (Å²) in [4.78, 5) is 4.07. The van der Waals surface area contributed by atoms with Gasteiger partial charge in [-0.3, -0.25) is 4.98 Å². The van der Waals surface area contributed by atoms with Crippen LogP contribution in [0.4, 0.5) is 0 Å². The van der Waals surface area contributed by atoms with Crippen LogP contribution in [0, 0.1) is 11.8 Å². The zero-order valence-electron chi connectivity index (χ0n) is 9.00. The molecule has 0 spiro atoms. The fourth-order valence-electron chi connectivity index (χ4n) is 2.19. The molecule has 2 rings (SSSR count). The summed E-state index contributed by atoms with van der Waals surface area (Å²) in [6.45, 7) is 2.65. The van der Waals surface area contributed by atoms with Crippen molar-refractivity contribution in [1.29, 1.82) is 0 Å². The predicted molar refractivity (Wildman–Crippen MR) is 59.3 cm³/mol. The van der Waals surface area contributed by atoms with Crippen LogP contribution in [0.5, 0.6) is 0 Å². The first-order valence-electron chi connectivity index (χ1n) is 5.52. The smallest absolute Gasteiger partial charge is 0.0652 e. The summed E-state index contributed by atoms with van der Waals surface area (Å²) in [5.74, 6) is 1.11. The first kappa shape index (κ1) is 10.6. The van der Waals surface area contributed by atoms with Gasteiger partial charge in [0, 0.05) is 24.9 Å². The Morgan fingerprint density at radius 2 is 2.40 bits per heavy atom. The molecule has 0 radical (unpaired) electrons. The highest BCUT2D eigenvalue weighted by Crippen LogP contribution is 2.44. The van der Waals surface area contributed by atoms with Gasteiger partial charge >= 0.3 is 0 Å². The van der Waals surface area contributed by atoms with E-state index < -0.39 is 0 Å². The van der Waals surface area contributed by atoms with E-state index >= 15 is 0 Å². The summed E-state index contributed by atoms with van der Waals surface area (Å²) in [5, 5.41) is 10.2. The molecule has 3 N–H and O–H groups in total. The number of hydrogen-bond acceptors (Lipinski definition) is 3. The molecule has 0 aromatic carbocycles. The SMILES string of the molecule is CC1CC1C(O)C(CN)c1cccnc1. The molecular formula is C12H18N2O. The third-order valence-electron chi connectivity index (χ3n) is 3.39. The number of aliphatic hydroxyl groups is 1. The van der Waals surface area contributed by atoms with E-state index in [1.807, 2.05) is 12.1 Å². The number of pyridine rings is 1. The highest BCUT2D eigenvalue weighted by Gasteiger charge is 2.42. The summed E-state index contributed by atoms with van der Waals surface area (Å²) in [6, 6.07) is 3.88. The molecule has 3 nitrogen and oxygen atoms in total. The number of hydrogen-bond donors (Lipinski definition) is 2. The molecule has 1 aliphatic carbocycles. The van der Waals surface area contributed by atoms with Crippen LogP contribution in [-0.4, -0.2) is 22.7 Å². The minimum absolute atomic E-state index is 0.0358. The zero-order valence-corrected chi connectivity index (χ0v) is 9.00. The molecule has 15 heavy (non-hydrogen) atoms. The standard InChI is InChI=1S/C12H18N2O/c1-8-5-10(8)12(15)11(6-13)9-3-2-4-14-7-9/h2-4,7-8,10-12,15H,5-6,13H2,1H3. The molecule has 1 saturated carbocycles. The van der Waals surface area contributed by atoms with Crippen molar-refractivity contribution in [3.8, 4) is 0 Å². The van der Waals surface area contributed by atoms with E-state index in [0.717, 1.165) is 12.0 Å². The Morgan fingerprint density at radius 1 is 1.67 bits per heavy atom. The molecule has 0 saturated heterocycles. The van der Waals surface area contributed by atoms with E-state index in [1.54, 1.807) is 12.4 Å². The van der Waals surface area contributed by atoms with Crippen LogP contribution < -0.4 is 5.73 Å². The van der Waals surface area contributed by atoms with E-state index in [0.29, 0.717) is 18.4 Å². The van der Waals surface area contributed by atoms with Crippen molar-refractivity contribution in [2.24, 2.45) is 17.6 Å². The van der Waals surface area contributed by atoms with Crippen molar-refractivity contribution < 1.29 is 5.11 Å². The molecule has 0 aliphatic heterocycles. The molecule has 82 valence electrons. The molecule has 0 amide bonds. The number of nitrogens with two attached hydrogens (primary N) is 1. The quantitative estimate of drug-likeness (QED) is 0.776. The Labute approximate surface area is 90.3 Å². The molecular weight excluding hydrogens is 188 g/mol. The molecule has 1 aromatic rings. The monoisotopic (exact) mass is 206 g/mol. The second kappa shape index (κ2) is 4.29. The second-order valence-electron chi connectivity index (χ2n) is 4.50. The van der Waals surface area contributed by atoms with Gasteiger partial charge in [-0.05, 0) is 29.9 Å². The van der Waals surface area contributed by atoms with E-state index in [2.05, 4.69) is 11.9 Å². The van der Waals surface area contributed by atoms with Crippen molar-refractivity contribution >= 4 is 0 Å². The van der Waals surface area contributed by atoms with E-state index in [9.17, 15) is 5.11 Å². The predicted octanol–water partition coefficient (Wildman–Crippen LogP) is 1.14. The van der Waals surface area contributed by atoms with Crippen LogP contribution >= 0.6 is 0 Å². The molecule has 1 heterocycles. The first-order chi connectivity index (χ1) is 7.24. The lowest BCUT2D eigenvalue weighted by molar-refractivity contribution is 0.118. The topological polar surface area (TPSA) is 59.1 Å². The average molecular weight is 206 g/mol. The molecule has 4 atom stereocenters. The minimum Gasteiger partial charge on any atom is -0.392 e. The Hall–Kier alpha value is -0.930. The summed E-state index contributed by atoms with van der Waals surface area (Å²) < 4.78 is 0. The van der Waals surface area contributed by atoms with Gasteiger partial charge < -0.3 is 10.8 Å². The summed E-state index contributed by atoms with van der Waals surface area (Å²) in [7, 11) is 0. The number of aliphatic hydroxyl groups excluding tert-OH is 1. The van der Waals surface area contributed by atoms with Gasteiger partial charge in [0.15, 0.2) is 0 Å². The third kappa shape index (κ3) is 2.19. The molecule has 1 aromatic heterocycles. The largest absolute Gasteiger partial charge is 0.392 e. The van der Waals surface area contributed by atoms with E-state index in [4.69, 9.17) is 5.73 Å². The molecule has 4 unspecified atom stereocenters. The molecule has 0 bridgehead atoms. The van der Waals surface area contributed by atoms with Gasteiger partial charge in [0.05, 0.1) is 6.10 Å². The lowest BCUT2D eigenvalue weighted by Crippen LogP contribution is -2.28. The van der Waals surface area contributed by atoms with Crippen LogP contribution in [0.25, 0.3) is 0 Å². The van der Waals surface area contributed by atoms with Gasteiger partial charge in [0.25, 0.3) is 0 Å². The highest BCUT2D eigenvalue weighted by atomic mass is 16.3. The Bertz CT molecular complexity index is 315. The third-order valence-corrected chi connectivity index (χ3v) is 3.39. The Morgan fingerprint density at radius 3 is 2.87 bits per heavy atom. The lowest BCUT2D eigenvalue weighted by Gasteiger charge is -2.21. The number of nitrogens with zero attached hydrogens (tertiary/aromatic N) is 1. The molecule has 1 aliphatic rings. The van der Waals surface area contributed by atoms with Gasteiger partial charge in [-0.1, -0.05) is 13.0 Å². The fourth-order valence-corrected chi connectivity index (χ4v) is 2.19. The van der Waals surface area contributed by atoms with Crippen molar-refractivity contribution in [1.82, 2.24) is 4.98 Å². The molecule has 1 fully saturated rings. The summed E-state index contributed by atoms with van der Waals surface area (Å²) in [6.07, 6.45) is 4.35. The highest BCUT2D eigenvalue weighted by molar-refractivity contribution is 5.18. The second-order valence-corrected chi connectivity index (χ2v) is 4.50.